The zero-order valence-electron chi connectivity index (χ0n) is 18.9. The Labute approximate surface area is 200 Å². The van der Waals surface area contributed by atoms with Gasteiger partial charge in [-0.15, -0.1) is 0 Å². The van der Waals surface area contributed by atoms with Crippen LogP contribution in [0.25, 0.3) is 0 Å². The van der Waals surface area contributed by atoms with Crippen molar-refractivity contribution in [2.24, 2.45) is 0 Å². The number of rotatable bonds is 9. The van der Waals surface area contributed by atoms with E-state index in [1.165, 1.54) is 17.0 Å². The quantitative estimate of drug-likeness (QED) is 0.431. The lowest BCUT2D eigenvalue weighted by Gasteiger charge is -2.27. The molecule has 0 saturated heterocycles. The van der Waals surface area contributed by atoms with Crippen LogP contribution in [0.15, 0.2) is 77.7 Å². The van der Waals surface area contributed by atoms with Crippen LogP contribution in [0.3, 0.4) is 0 Å². The Morgan fingerprint density at radius 3 is 2.12 bits per heavy atom. The number of ether oxygens (including phenoxy) is 1. The van der Waals surface area contributed by atoms with Gasteiger partial charge in [-0.3, -0.25) is 9.10 Å². The highest BCUT2D eigenvalue weighted by Crippen LogP contribution is 2.26. The predicted octanol–water partition coefficient (Wildman–Crippen LogP) is 4.90. The van der Waals surface area contributed by atoms with Gasteiger partial charge in [0.2, 0.25) is 5.91 Å². The number of aryl methyl sites for hydroxylation is 1. The lowest BCUT2D eigenvalue weighted by Crippen LogP contribution is -2.41. The van der Waals surface area contributed by atoms with Gasteiger partial charge in [-0.1, -0.05) is 41.4 Å². The number of halogens is 1. The molecule has 0 atom stereocenters. The summed E-state index contributed by atoms with van der Waals surface area (Å²) in [6, 6.07) is 20.4. The number of nitrogens with zero attached hydrogens (tertiary/aromatic N) is 2. The van der Waals surface area contributed by atoms with E-state index < -0.39 is 10.0 Å². The summed E-state index contributed by atoms with van der Waals surface area (Å²) in [4.78, 5) is 14.6. The van der Waals surface area contributed by atoms with Crippen molar-refractivity contribution in [3.8, 4) is 5.75 Å². The highest BCUT2D eigenvalue weighted by atomic mass is 35.5. The van der Waals surface area contributed by atoms with Gasteiger partial charge in [0.1, 0.15) is 12.3 Å². The molecule has 3 rings (SSSR count). The van der Waals surface area contributed by atoms with Crippen molar-refractivity contribution in [1.29, 1.82) is 0 Å². The number of benzene rings is 3. The smallest absolute Gasteiger partial charge is 0.264 e. The monoisotopic (exact) mass is 486 g/mol. The second-order valence-corrected chi connectivity index (χ2v) is 9.93. The van der Waals surface area contributed by atoms with Crippen LogP contribution in [0.5, 0.6) is 5.75 Å². The summed E-state index contributed by atoms with van der Waals surface area (Å²) in [5.41, 5.74) is 2.30. The van der Waals surface area contributed by atoms with E-state index in [9.17, 15) is 13.2 Å². The molecule has 0 aliphatic heterocycles. The second-order valence-electron chi connectivity index (χ2n) is 7.63. The van der Waals surface area contributed by atoms with Gasteiger partial charge >= 0.3 is 0 Å². The standard InChI is InChI=1S/C25H27ClN2O4S/c1-4-32-23-13-15-24(16-14-23)33(30,31)28(22-11-5-19(2)6-12-22)18-25(29)27(3)17-20-7-9-21(26)10-8-20/h5-16H,4,17-18H2,1-3H3. The normalized spacial score (nSPS) is 11.2. The molecule has 174 valence electrons. The van der Waals surface area contributed by atoms with Gasteiger partial charge in [0.15, 0.2) is 0 Å². The number of anilines is 1. The third kappa shape index (κ3) is 6.27. The molecule has 0 aliphatic carbocycles. The van der Waals surface area contributed by atoms with E-state index in [-0.39, 0.29) is 17.3 Å². The van der Waals surface area contributed by atoms with Crippen LogP contribution in [0.1, 0.15) is 18.1 Å². The molecule has 0 bridgehead atoms. The van der Waals surface area contributed by atoms with Gasteiger partial charge in [-0.2, -0.15) is 0 Å². The van der Waals surface area contributed by atoms with Gasteiger partial charge in [-0.25, -0.2) is 8.42 Å². The van der Waals surface area contributed by atoms with Crippen LogP contribution >= 0.6 is 11.6 Å². The van der Waals surface area contributed by atoms with Crippen molar-refractivity contribution >= 4 is 33.2 Å². The number of carbonyl (C=O) groups excluding carboxylic acids is 1. The molecule has 3 aromatic rings. The molecule has 3 aromatic carbocycles. The van der Waals surface area contributed by atoms with Crippen LogP contribution in [-0.2, 0) is 21.4 Å². The van der Waals surface area contributed by atoms with Crippen LogP contribution < -0.4 is 9.04 Å². The van der Waals surface area contributed by atoms with Gasteiger partial charge in [0.25, 0.3) is 10.0 Å². The van der Waals surface area contributed by atoms with Crippen LogP contribution in [0.4, 0.5) is 5.69 Å². The van der Waals surface area contributed by atoms with Gasteiger partial charge in [-0.05, 0) is 67.9 Å². The molecular formula is C25H27ClN2O4S. The molecular weight excluding hydrogens is 460 g/mol. The minimum absolute atomic E-state index is 0.0830. The predicted molar refractivity (Wildman–Crippen MR) is 131 cm³/mol. The fourth-order valence-electron chi connectivity index (χ4n) is 3.22. The van der Waals surface area contributed by atoms with Gasteiger partial charge in [0.05, 0.1) is 17.2 Å². The molecule has 0 heterocycles. The molecule has 0 fully saturated rings. The molecule has 0 spiro atoms. The highest BCUT2D eigenvalue weighted by Gasteiger charge is 2.28. The van der Waals surface area contributed by atoms with E-state index in [1.807, 2.05) is 38.1 Å². The van der Waals surface area contributed by atoms with Gasteiger partial charge < -0.3 is 9.64 Å². The van der Waals surface area contributed by atoms with Crippen LogP contribution in [-0.4, -0.2) is 39.4 Å². The maximum atomic E-state index is 13.5. The number of carbonyl (C=O) groups is 1. The number of hydrogen-bond donors (Lipinski definition) is 0. The first-order valence-corrected chi connectivity index (χ1v) is 12.3. The van der Waals surface area contributed by atoms with Crippen LogP contribution in [0.2, 0.25) is 5.02 Å². The Morgan fingerprint density at radius 2 is 1.55 bits per heavy atom. The third-order valence-electron chi connectivity index (χ3n) is 5.08. The number of likely N-dealkylation sites (N-methyl/N-ethyl adjacent to an activating group) is 1. The summed E-state index contributed by atoms with van der Waals surface area (Å²) in [5.74, 6) is 0.247. The highest BCUT2D eigenvalue weighted by molar-refractivity contribution is 7.92. The number of amides is 1. The van der Waals surface area contributed by atoms with Crippen molar-refractivity contribution in [2.75, 3.05) is 24.5 Å². The molecule has 0 aliphatic rings. The first kappa shape index (κ1) is 24.6. The van der Waals surface area contributed by atoms with Crippen molar-refractivity contribution in [1.82, 2.24) is 4.90 Å². The molecule has 0 saturated carbocycles. The number of hydrogen-bond acceptors (Lipinski definition) is 4. The molecule has 0 radical (unpaired) electrons. The van der Waals surface area contributed by atoms with Crippen molar-refractivity contribution in [3.05, 3.63) is 88.9 Å². The summed E-state index contributed by atoms with van der Waals surface area (Å²) in [7, 11) is -2.35. The summed E-state index contributed by atoms with van der Waals surface area (Å²) in [5, 5.41) is 0.611. The van der Waals surface area contributed by atoms with Crippen molar-refractivity contribution in [3.63, 3.8) is 0 Å². The summed E-state index contributed by atoms with van der Waals surface area (Å²) >= 11 is 5.93. The maximum absolute atomic E-state index is 13.5. The van der Waals surface area contributed by atoms with E-state index in [0.717, 1.165) is 15.4 Å². The molecule has 0 aromatic heterocycles. The summed E-state index contributed by atoms with van der Waals surface area (Å²) in [6.45, 7) is 4.26. The summed E-state index contributed by atoms with van der Waals surface area (Å²) in [6.07, 6.45) is 0. The largest absolute Gasteiger partial charge is 0.494 e. The molecule has 0 N–H and O–H groups in total. The minimum atomic E-state index is -3.99. The molecule has 33 heavy (non-hydrogen) atoms. The first-order valence-electron chi connectivity index (χ1n) is 10.5. The third-order valence-corrected chi connectivity index (χ3v) is 7.12. The van der Waals surface area contributed by atoms with Crippen molar-refractivity contribution < 1.29 is 17.9 Å². The Hall–Kier alpha value is -3.03. The zero-order chi connectivity index (χ0) is 24.0. The van der Waals surface area contributed by atoms with Crippen molar-refractivity contribution in [2.45, 2.75) is 25.3 Å². The second kappa shape index (κ2) is 10.7. The minimum Gasteiger partial charge on any atom is -0.494 e. The average molecular weight is 487 g/mol. The fourth-order valence-corrected chi connectivity index (χ4v) is 4.76. The Balaban J connectivity index is 1.88. The number of sulfonamides is 1. The van der Waals surface area contributed by atoms with E-state index in [4.69, 9.17) is 16.3 Å². The fraction of sp³-hybridized carbons (Fsp3) is 0.240. The molecule has 6 nitrogen and oxygen atoms in total. The topological polar surface area (TPSA) is 66.9 Å². The van der Waals surface area contributed by atoms with Gasteiger partial charge in [0, 0.05) is 18.6 Å². The Morgan fingerprint density at radius 1 is 0.939 bits per heavy atom. The van der Waals surface area contributed by atoms with Crippen LogP contribution in [0, 0.1) is 6.92 Å². The zero-order valence-corrected chi connectivity index (χ0v) is 20.4. The van der Waals surface area contributed by atoms with E-state index >= 15 is 0 Å². The average Bonchev–Trinajstić information content (AvgIpc) is 2.80. The lowest BCUT2D eigenvalue weighted by molar-refractivity contribution is -0.128. The SMILES string of the molecule is CCOc1ccc(S(=O)(=O)N(CC(=O)N(C)Cc2ccc(Cl)cc2)c2ccc(C)cc2)cc1. The molecule has 1 amide bonds. The lowest BCUT2D eigenvalue weighted by atomic mass is 10.2. The van der Waals surface area contributed by atoms with E-state index in [2.05, 4.69) is 0 Å². The van der Waals surface area contributed by atoms with E-state index in [1.54, 1.807) is 43.4 Å². The first-order chi connectivity index (χ1) is 15.7. The summed E-state index contributed by atoms with van der Waals surface area (Å²) < 4.78 is 33.6. The maximum Gasteiger partial charge on any atom is 0.264 e. The Bertz CT molecular complexity index is 1180. The molecule has 8 heteroatoms. The molecule has 0 unspecified atom stereocenters. The Kier molecular flexibility index (Phi) is 8.00. The van der Waals surface area contributed by atoms with E-state index in [0.29, 0.717) is 29.6 Å².